The number of benzene rings is 1. The Hall–Kier alpha value is -1.02. The van der Waals surface area contributed by atoms with Crippen LogP contribution in [0.1, 0.15) is 65.2 Å². The molecule has 0 amide bonds. The Labute approximate surface area is 131 Å². The van der Waals surface area contributed by atoms with E-state index in [1.807, 2.05) is 30.3 Å². The van der Waals surface area contributed by atoms with Crippen LogP contribution in [0.3, 0.4) is 0 Å². The van der Waals surface area contributed by atoms with E-state index in [0.717, 1.165) is 18.9 Å². The minimum Gasteiger partial charge on any atom is -0.492 e. The molecule has 0 bridgehead atoms. The highest BCUT2D eigenvalue weighted by atomic mass is 16.5. The van der Waals surface area contributed by atoms with Crippen molar-refractivity contribution in [3.05, 3.63) is 30.3 Å². The topological polar surface area (TPSA) is 21.3 Å². The summed E-state index contributed by atoms with van der Waals surface area (Å²) in [5.41, 5.74) is 0. The van der Waals surface area contributed by atoms with Crippen LogP contribution in [0.4, 0.5) is 0 Å². The molecule has 0 saturated carbocycles. The van der Waals surface area contributed by atoms with Crippen LogP contribution in [0.15, 0.2) is 30.3 Å². The van der Waals surface area contributed by atoms with Crippen molar-refractivity contribution in [2.45, 2.75) is 71.3 Å². The Bertz CT molecular complexity index is 326. The van der Waals surface area contributed by atoms with Crippen LogP contribution < -0.4 is 10.1 Å². The van der Waals surface area contributed by atoms with Crippen molar-refractivity contribution >= 4 is 0 Å². The molecule has 0 radical (unpaired) electrons. The van der Waals surface area contributed by atoms with Gasteiger partial charge < -0.3 is 10.1 Å². The number of para-hydroxylation sites is 1. The lowest BCUT2D eigenvalue weighted by molar-refractivity contribution is 0.253. The van der Waals surface area contributed by atoms with Crippen molar-refractivity contribution in [1.82, 2.24) is 5.32 Å². The standard InChI is InChI=1S/C19H33NO/c1-3-5-6-7-8-10-13-18(20-16-4-2)17-21-19-14-11-9-12-15-19/h9,11-12,14-15,18,20H,3-8,10,13,16-17H2,1-2H3. The maximum absolute atomic E-state index is 5.90. The van der Waals surface area contributed by atoms with E-state index < -0.39 is 0 Å². The quantitative estimate of drug-likeness (QED) is 0.505. The molecule has 1 N–H and O–H groups in total. The average molecular weight is 291 g/mol. The Morgan fingerprint density at radius 3 is 2.33 bits per heavy atom. The van der Waals surface area contributed by atoms with Crippen molar-refractivity contribution in [3.63, 3.8) is 0 Å². The third kappa shape index (κ3) is 9.52. The van der Waals surface area contributed by atoms with Gasteiger partial charge in [0.2, 0.25) is 0 Å². The summed E-state index contributed by atoms with van der Waals surface area (Å²) in [4.78, 5) is 0. The highest BCUT2D eigenvalue weighted by molar-refractivity contribution is 5.20. The van der Waals surface area contributed by atoms with Gasteiger partial charge in [0, 0.05) is 6.04 Å². The van der Waals surface area contributed by atoms with Gasteiger partial charge in [-0.05, 0) is 31.5 Å². The molecule has 0 heterocycles. The number of hydrogen-bond acceptors (Lipinski definition) is 2. The molecular formula is C19H33NO. The molecule has 2 heteroatoms. The summed E-state index contributed by atoms with van der Waals surface area (Å²) in [7, 11) is 0. The minimum absolute atomic E-state index is 0.483. The van der Waals surface area contributed by atoms with Gasteiger partial charge in [0.1, 0.15) is 12.4 Å². The Balaban J connectivity index is 2.20. The maximum Gasteiger partial charge on any atom is 0.119 e. The van der Waals surface area contributed by atoms with E-state index in [2.05, 4.69) is 19.2 Å². The molecule has 2 nitrogen and oxygen atoms in total. The van der Waals surface area contributed by atoms with Gasteiger partial charge in [0.05, 0.1) is 0 Å². The lowest BCUT2D eigenvalue weighted by atomic mass is 10.1. The normalized spacial score (nSPS) is 12.3. The largest absolute Gasteiger partial charge is 0.492 e. The van der Waals surface area contributed by atoms with Crippen molar-refractivity contribution in [2.75, 3.05) is 13.2 Å². The van der Waals surface area contributed by atoms with Crippen molar-refractivity contribution in [2.24, 2.45) is 0 Å². The van der Waals surface area contributed by atoms with Crippen LogP contribution in [0.2, 0.25) is 0 Å². The fourth-order valence-electron chi connectivity index (χ4n) is 2.48. The fourth-order valence-corrected chi connectivity index (χ4v) is 2.48. The molecule has 0 aliphatic rings. The lowest BCUT2D eigenvalue weighted by Gasteiger charge is -2.19. The predicted molar refractivity (Wildman–Crippen MR) is 92.0 cm³/mol. The van der Waals surface area contributed by atoms with Crippen molar-refractivity contribution < 1.29 is 4.74 Å². The summed E-state index contributed by atoms with van der Waals surface area (Å²) in [5.74, 6) is 0.976. The second-order valence-electron chi connectivity index (χ2n) is 5.83. The molecule has 120 valence electrons. The highest BCUT2D eigenvalue weighted by Crippen LogP contribution is 2.12. The maximum atomic E-state index is 5.90. The summed E-state index contributed by atoms with van der Waals surface area (Å²) in [6.07, 6.45) is 10.5. The summed E-state index contributed by atoms with van der Waals surface area (Å²) in [6, 6.07) is 10.6. The monoisotopic (exact) mass is 291 g/mol. The first kappa shape index (κ1) is 18.0. The van der Waals surface area contributed by atoms with Gasteiger partial charge >= 0.3 is 0 Å². The second kappa shape index (κ2) is 12.7. The Kier molecular flexibility index (Phi) is 10.9. The van der Waals surface area contributed by atoms with E-state index in [9.17, 15) is 0 Å². The van der Waals surface area contributed by atoms with Crippen molar-refractivity contribution in [1.29, 1.82) is 0 Å². The molecule has 0 fully saturated rings. The molecule has 0 aliphatic carbocycles. The van der Waals surface area contributed by atoms with Crippen LogP contribution in [0.5, 0.6) is 5.75 Å². The number of unbranched alkanes of at least 4 members (excludes halogenated alkanes) is 5. The van der Waals surface area contributed by atoms with E-state index >= 15 is 0 Å². The molecule has 0 aliphatic heterocycles. The van der Waals surface area contributed by atoms with E-state index in [1.54, 1.807) is 0 Å². The molecule has 0 aromatic heterocycles. The number of nitrogens with one attached hydrogen (secondary N) is 1. The first-order chi connectivity index (χ1) is 10.4. The highest BCUT2D eigenvalue weighted by Gasteiger charge is 2.08. The summed E-state index contributed by atoms with van der Waals surface area (Å²) < 4.78 is 5.90. The SMILES string of the molecule is CCCCCCCCC(COc1ccccc1)NCCC. The zero-order valence-corrected chi connectivity index (χ0v) is 13.9. The summed E-state index contributed by atoms with van der Waals surface area (Å²) in [5, 5.41) is 3.62. The number of rotatable bonds is 13. The molecule has 21 heavy (non-hydrogen) atoms. The first-order valence-electron chi connectivity index (χ1n) is 8.78. The molecule has 1 aromatic carbocycles. The molecule has 0 spiro atoms. The Morgan fingerprint density at radius 1 is 0.905 bits per heavy atom. The lowest BCUT2D eigenvalue weighted by Crippen LogP contribution is -2.35. The molecule has 1 aromatic rings. The van der Waals surface area contributed by atoms with Gasteiger partial charge in [-0.2, -0.15) is 0 Å². The van der Waals surface area contributed by atoms with E-state index in [-0.39, 0.29) is 0 Å². The van der Waals surface area contributed by atoms with Gasteiger partial charge in [0.15, 0.2) is 0 Å². The molecule has 1 unspecified atom stereocenters. The van der Waals surface area contributed by atoms with Gasteiger partial charge in [-0.25, -0.2) is 0 Å². The van der Waals surface area contributed by atoms with E-state index in [1.165, 1.54) is 51.4 Å². The zero-order chi connectivity index (χ0) is 15.2. The third-order valence-electron chi connectivity index (χ3n) is 3.78. The van der Waals surface area contributed by atoms with Gasteiger partial charge in [-0.1, -0.05) is 70.6 Å². The predicted octanol–water partition coefficient (Wildman–Crippen LogP) is 5.18. The Morgan fingerprint density at radius 2 is 1.62 bits per heavy atom. The third-order valence-corrected chi connectivity index (χ3v) is 3.78. The molecule has 1 rings (SSSR count). The first-order valence-corrected chi connectivity index (χ1v) is 8.78. The zero-order valence-electron chi connectivity index (χ0n) is 13.9. The van der Waals surface area contributed by atoms with Gasteiger partial charge in [-0.3, -0.25) is 0 Å². The summed E-state index contributed by atoms with van der Waals surface area (Å²) in [6.45, 7) is 6.34. The second-order valence-corrected chi connectivity index (χ2v) is 5.83. The van der Waals surface area contributed by atoms with Crippen LogP contribution in [-0.4, -0.2) is 19.2 Å². The van der Waals surface area contributed by atoms with Gasteiger partial charge in [0.25, 0.3) is 0 Å². The molecular weight excluding hydrogens is 258 g/mol. The molecule has 1 atom stereocenters. The van der Waals surface area contributed by atoms with Crippen LogP contribution in [0.25, 0.3) is 0 Å². The van der Waals surface area contributed by atoms with Crippen molar-refractivity contribution in [3.8, 4) is 5.75 Å². The van der Waals surface area contributed by atoms with E-state index in [0.29, 0.717) is 6.04 Å². The van der Waals surface area contributed by atoms with E-state index in [4.69, 9.17) is 4.74 Å². The van der Waals surface area contributed by atoms with Crippen LogP contribution in [-0.2, 0) is 0 Å². The molecule has 0 saturated heterocycles. The smallest absolute Gasteiger partial charge is 0.119 e. The average Bonchev–Trinajstić information content (AvgIpc) is 2.53. The van der Waals surface area contributed by atoms with Crippen LogP contribution in [0, 0.1) is 0 Å². The number of hydrogen-bond donors (Lipinski definition) is 1. The summed E-state index contributed by atoms with van der Waals surface area (Å²) >= 11 is 0. The number of ether oxygens (including phenoxy) is 1. The van der Waals surface area contributed by atoms with Gasteiger partial charge in [-0.15, -0.1) is 0 Å². The minimum atomic E-state index is 0.483. The van der Waals surface area contributed by atoms with Crippen LogP contribution >= 0.6 is 0 Å². The fraction of sp³-hybridized carbons (Fsp3) is 0.684.